The topological polar surface area (TPSA) is 63.2 Å². The van der Waals surface area contributed by atoms with Gasteiger partial charge < -0.3 is 23.7 Å². The van der Waals surface area contributed by atoms with Crippen molar-refractivity contribution in [3.63, 3.8) is 0 Å². The maximum absolute atomic E-state index is 13.3. The second kappa shape index (κ2) is 12.5. The first-order valence-corrected chi connectivity index (χ1v) is 14.7. The molecular weight excluding hydrogens is 524 g/mol. The van der Waals surface area contributed by atoms with E-state index in [0.29, 0.717) is 18.8 Å². The lowest BCUT2D eigenvalue weighted by atomic mass is 9.97. The second-order valence-corrected chi connectivity index (χ2v) is 11.2. The molecule has 40 heavy (non-hydrogen) atoms. The van der Waals surface area contributed by atoms with Crippen LogP contribution in [0.25, 0.3) is 10.8 Å². The van der Waals surface area contributed by atoms with Crippen LogP contribution < -0.4 is 0 Å². The number of thioether (sulfide) groups is 1. The van der Waals surface area contributed by atoms with Crippen molar-refractivity contribution in [3.8, 4) is 0 Å². The minimum atomic E-state index is -0.686. The Morgan fingerprint density at radius 1 is 0.850 bits per heavy atom. The summed E-state index contributed by atoms with van der Waals surface area (Å²) >= 11 is 1.59. The summed E-state index contributed by atoms with van der Waals surface area (Å²) in [6, 6.07) is 33.3. The van der Waals surface area contributed by atoms with E-state index in [2.05, 4.69) is 25.1 Å². The summed E-state index contributed by atoms with van der Waals surface area (Å²) in [4.78, 5) is 13.3. The molecule has 2 heterocycles. The fourth-order valence-corrected chi connectivity index (χ4v) is 6.26. The summed E-state index contributed by atoms with van der Waals surface area (Å²) in [6.45, 7) is 2.74. The molecule has 2 aliphatic heterocycles. The van der Waals surface area contributed by atoms with Crippen LogP contribution in [0, 0.1) is 0 Å². The van der Waals surface area contributed by atoms with Gasteiger partial charge in [-0.05, 0) is 34.2 Å². The quantitative estimate of drug-likeness (QED) is 0.228. The Bertz CT molecular complexity index is 1410. The average molecular weight is 557 g/mol. The molecule has 4 aromatic rings. The van der Waals surface area contributed by atoms with Crippen LogP contribution in [0.4, 0.5) is 0 Å². The minimum absolute atomic E-state index is 0.337. The van der Waals surface area contributed by atoms with Crippen LogP contribution in [-0.2, 0) is 30.3 Å². The molecule has 4 aromatic carbocycles. The van der Waals surface area contributed by atoms with E-state index in [0.717, 1.165) is 27.7 Å². The number of hydrogen-bond acceptors (Lipinski definition) is 7. The third-order valence-corrected chi connectivity index (χ3v) is 8.27. The monoisotopic (exact) mass is 556 g/mol. The van der Waals surface area contributed by atoms with Crippen molar-refractivity contribution in [2.45, 2.75) is 49.7 Å². The van der Waals surface area contributed by atoms with Crippen LogP contribution in [-0.4, -0.2) is 48.2 Å². The summed E-state index contributed by atoms with van der Waals surface area (Å²) in [5, 5.41) is 2.18. The first-order valence-electron chi connectivity index (χ1n) is 13.6. The maximum Gasteiger partial charge on any atom is 0.338 e. The molecule has 0 radical (unpaired) electrons. The van der Waals surface area contributed by atoms with Gasteiger partial charge in [0.1, 0.15) is 23.7 Å². The van der Waals surface area contributed by atoms with Crippen molar-refractivity contribution >= 4 is 28.5 Å². The van der Waals surface area contributed by atoms with E-state index >= 15 is 0 Å². The number of esters is 1. The first-order chi connectivity index (χ1) is 19.7. The molecule has 2 saturated heterocycles. The standard InChI is InChI=1S/C33H32O6S/c1-2-40-33-30(38-31(34)24-15-7-4-8-16-24)29(35-20-22-12-5-3-6-13-22)28-27(37-33)21-36-32(39-28)26-19-11-17-23-14-9-10-18-25(23)26/h3-19,27-30,32-33H,2,20-21H2,1H3/t27-,28-,29+,30-,32?,33+/m1/s1. The third-order valence-electron chi connectivity index (χ3n) is 7.23. The molecule has 0 aliphatic carbocycles. The average Bonchev–Trinajstić information content (AvgIpc) is 3.01. The predicted octanol–water partition coefficient (Wildman–Crippen LogP) is 6.54. The summed E-state index contributed by atoms with van der Waals surface area (Å²) < 4.78 is 32.1. The van der Waals surface area contributed by atoms with E-state index in [1.807, 2.05) is 72.8 Å². The zero-order valence-electron chi connectivity index (χ0n) is 22.3. The van der Waals surface area contributed by atoms with Crippen LogP contribution in [0.1, 0.15) is 34.7 Å². The highest BCUT2D eigenvalue weighted by Crippen LogP contribution is 2.41. The number of ether oxygens (including phenoxy) is 5. The highest BCUT2D eigenvalue weighted by molar-refractivity contribution is 7.99. The molecule has 2 aliphatic rings. The van der Waals surface area contributed by atoms with E-state index in [1.165, 1.54) is 0 Å². The van der Waals surface area contributed by atoms with E-state index in [-0.39, 0.29) is 6.10 Å². The molecule has 0 amide bonds. The van der Waals surface area contributed by atoms with Crippen LogP contribution in [0.3, 0.4) is 0 Å². The van der Waals surface area contributed by atoms with Crippen molar-refractivity contribution in [3.05, 3.63) is 120 Å². The maximum atomic E-state index is 13.3. The molecule has 206 valence electrons. The predicted molar refractivity (Wildman–Crippen MR) is 155 cm³/mol. The van der Waals surface area contributed by atoms with Crippen molar-refractivity contribution < 1.29 is 28.5 Å². The van der Waals surface area contributed by atoms with Gasteiger partial charge in [-0.25, -0.2) is 4.79 Å². The van der Waals surface area contributed by atoms with Crippen LogP contribution in [0.15, 0.2) is 103 Å². The van der Waals surface area contributed by atoms with Crippen molar-refractivity contribution in [2.75, 3.05) is 12.4 Å². The normalized spacial score (nSPS) is 26.2. The fraction of sp³-hybridized carbons (Fsp3) is 0.303. The van der Waals surface area contributed by atoms with Crippen LogP contribution in [0.5, 0.6) is 0 Å². The molecule has 0 aromatic heterocycles. The summed E-state index contributed by atoms with van der Waals surface area (Å²) in [7, 11) is 0. The zero-order chi connectivity index (χ0) is 27.3. The Morgan fingerprint density at radius 3 is 2.38 bits per heavy atom. The number of rotatable bonds is 8. The molecule has 0 bridgehead atoms. The third kappa shape index (κ3) is 5.80. The summed E-state index contributed by atoms with van der Waals surface area (Å²) in [5.74, 6) is 0.369. The summed E-state index contributed by atoms with van der Waals surface area (Å²) in [5.41, 5.74) is 2.02. The molecule has 6 atom stereocenters. The van der Waals surface area contributed by atoms with Crippen molar-refractivity contribution in [1.82, 2.24) is 0 Å². The Morgan fingerprint density at radius 2 is 1.57 bits per heavy atom. The molecule has 1 unspecified atom stereocenters. The number of benzene rings is 4. The van der Waals surface area contributed by atoms with Crippen molar-refractivity contribution in [2.24, 2.45) is 0 Å². The Labute approximate surface area is 238 Å². The van der Waals surface area contributed by atoms with Gasteiger partial charge in [0.15, 0.2) is 12.4 Å². The molecule has 7 heteroatoms. The Hall–Kier alpha value is -3.20. The Kier molecular flexibility index (Phi) is 8.46. The molecule has 6 nitrogen and oxygen atoms in total. The van der Waals surface area contributed by atoms with Gasteiger partial charge in [-0.15, -0.1) is 11.8 Å². The number of fused-ring (bicyclic) bond motifs is 2. The largest absolute Gasteiger partial charge is 0.452 e. The van der Waals surface area contributed by atoms with Gasteiger partial charge in [-0.2, -0.15) is 0 Å². The van der Waals surface area contributed by atoms with Crippen molar-refractivity contribution in [1.29, 1.82) is 0 Å². The van der Waals surface area contributed by atoms with Crippen LogP contribution in [0.2, 0.25) is 0 Å². The first kappa shape index (κ1) is 27.0. The highest BCUT2D eigenvalue weighted by atomic mass is 32.2. The van der Waals surface area contributed by atoms with Gasteiger partial charge in [-0.3, -0.25) is 0 Å². The molecular formula is C33H32O6S. The van der Waals surface area contributed by atoms with Gasteiger partial charge in [0.25, 0.3) is 0 Å². The molecule has 2 fully saturated rings. The van der Waals surface area contributed by atoms with Crippen LogP contribution >= 0.6 is 11.8 Å². The van der Waals surface area contributed by atoms with E-state index in [9.17, 15) is 4.79 Å². The number of hydrogen-bond donors (Lipinski definition) is 0. The Balaban J connectivity index is 1.32. The molecule has 0 spiro atoms. The van der Waals surface area contributed by atoms with E-state index < -0.39 is 36.0 Å². The lowest BCUT2D eigenvalue weighted by molar-refractivity contribution is -0.324. The van der Waals surface area contributed by atoms with E-state index in [1.54, 1.807) is 23.9 Å². The number of carbonyl (C=O) groups is 1. The molecule has 0 N–H and O–H groups in total. The lowest BCUT2D eigenvalue weighted by Gasteiger charge is -2.48. The van der Waals surface area contributed by atoms with Gasteiger partial charge in [0, 0.05) is 5.56 Å². The van der Waals surface area contributed by atoms with Gasteiger partial charge in [0.2, 0.25) is 0 Å². The van der Waals surface area contributed by atoms with Gasteiger partial charge in [0.05, 0.1) is 18.8 Å². The van der Waals surface area contributed by atoms with Gasteiger partial charge in [-0.1, -0.05) is 97.9 Å². The minimum Gasteiger partial charge on any atom is -0.452 e. The van der Waals surface area contributed by atoms with Gasteiger partial charge >= 0.3 is 5.97 Å². The highest BCUT2D eigenvalue weighted by Gasteiger charge is 2.52. The molecule has 0 saturated carbocycles. The SMILES string of the molecule is CCS[C@@H]1O[C@@H]2COC(c3cccc4ccccc34)O[C@H]2[C@H](OCc2ccccc2)[C@H]1OC(=O)c1ccccc1. The lowest BCUT2D eigenvalue weighted by Crippen LogP contribution is -2.62. The number of carbonyl (C=O) groups excluding carboxylic acids is 1. The smallest absolute Gasteiger partial charge is 0.338 e. The summed E-state index contributed by atoms with van der Waals surface area (Å²) in [6.07, 6.45) is -2.75. The zero-order valence-corrected chi connectivity index (χ0v) is 23.1. The molecule has 6 rings (SSSR count). The fourth-order valence-electron chi connectivity index (χ4n) is 5.31. The second-order valence-electron chi connectivity index (χ2n) is 9.83. The van der Waals surface area contributed by atoms with E-state index in [4.69, 9.17) is 23.7 Å².